The SMILES string of the molecule is O=[N+]([O-])c1ccc(Cl)cc1S(=O)(=O)N(Cc1ccco1)c1ccccn1. The minimum absolute atomic E-state index is 0.0631. The van der Waals surface area contributed by atoms with Gasteiger partial charge in [-0.2, -0.15) is 0 Å². The van der Waals surface area contributed by atoms with Crippen LogP contribution in [0.4, 0.5) is 11.5 Å². The molecule has 2 aromatic heterocycles. The van der Waals surface area contributed by atoms with Gasteiger partial charge in [-0.15, -0.1) is 0 Å². The molecule has 1 aromatic carbocycles. The molecule has 10 heteroatoms. The molecule has 0 aliphatic heterocycles. The predicted molar refractivity (Wildman–Crippen MR) is 94.4 cm³/mol. The lowest BCUT2D eigenvalue weighted by Gasteiger charge is -2.22. The van der Waals surface area contributed by atoms with Crippen LogP contribution in [-0.2, 0) is 16.6 Å². The van der Waals surface area contributed by atoms with Crippen LogP contribution >= 0.6 is 11.6 Å². The van der Waals surface area contributed by atoms with Gasteiger partial charge in [-0.3, -0.25) is 10.1 Å². The summed E-state index contributed by atoms with van der Waals surface area (Å²) in [7, 11) is -4.34. The van der Waals surface area contributed by atoms with Crippen molar-refractivity contribution in [3.05, 3.63) is 81.9 Å². The van der Waals surface area contributed by atoms with Gasteiger partial charge in [0.2, 0.25) is 0 Å². The van der Waals surface area contributed by atoms with Gasteiger partial charge in [-0.25, -0.2) is 17.7 Å². The molecular formula is C16H12ClN3O5S. The van der Waals surface area contributed by atoms with E-state index in [2.05, 4.69) is 4.98 Å². The summed E-state index contributed by atoms with van der Waals surface area (Å²) in [4.78, 5) is 14.1. The summed E-state index contributed by atoms with van der Waals surface area (Å²) < 4.78 is 32.6. The monoisotopic (exact) mass is 393 g/mol. The topological polar surface area (TPSA) is 107 Å². The number of sulfonamides is 1. The van der Waals surface area contributed by atoms with E-state index in [9.17, 15) is 18.5 Å². The van der Waals surface area contributed by atoms with Gasteiger partial charge in [0, 0.05) is 17.3 Å². The Kier molecular flexibility index (Phi) is 4.92. The third kappa shape index (κ3) is 3.53. The van der Waals surface area contributed by atoms with Crippen LogP contribution in [0.15, 0.2) is 70.3 Å². The first-order valence-corrected chi connectivity index (χ1v) is 9.11. The Labute approximate surface area is 153 Å². The lowest BCUT2D eigenvalue weighted by atomic mass is 10.3. The fraction of sp³-hybridized carbons (Fsp3) is 0.0625. The molecule has 2 heterocycles. The quantitative estimate of drug-likeness (QED) is 0.467. The fourth-order valence-corrected chi connectivity index (χ4v) is 4.11. The highest BCUT2D eigenvalue weighted by atomic mass is 35.5. The highest BCUT2D eigenvalue weighted by Gasteiger charge is 2.33. The molecule has 0 N–H and O–H groups in total. The molecule has 0 saturated heterocycles. The van der Waals surface area contributed by atoms with Crippen LogP contribution in [-0.4, -0.2) is 18.3 Å². The number of furan rings is 1. The number of rotatable bonds is 6. The van der Waals surface area contributed by atoms with Gasteiger partial charge < -0.3 is 4.42 Å². The number of pyridine rings is 1. The van der Waals surface area contributed by atoms with E-state index < -0.39 is 25.5 Å². The molecule has 0 saturated carbocycles. The van der Waals surface area contributed by atoms with Gasteiger partial charge in [0.15, 0.2) is 4.90 Å². The summed E-state index contributed by atoms with van der Waals surface area (Å²) in [5.74, 6) is 0.446. The normalized spacial score (nSPS) is 11.3. The third-order valence-electron chi connectivity index (χ3n) is 3.47. The van der Waals surface area contributed by atoms with E-state index in [1.807, 2.05) is 0 Å². The number of aromatic nitrogens is 1. The van der Waals surface area contributed by atoms with Gasteiger partial charge in [0.25, 0.3) is 15.7 Å². The van der Waals surface area contributed by atoms with Gasteiger partial charge >= 0.3 is 0 Å². The molecule has 134 valence electrons. The molecule has 0 amide bonds. The smallest absolute Gasteiger partial charge is 0.289 e. The molecule has 0 aliphatic carbocycles. The van der Waals surface area contributed by atoms with Crippen molar-refractivity contribution >= 4 is 33.1 Å². The van der Waals surface area contributed by atoms with Crippen LogP contribution in [0.5, 0.6) is 0 Å². The van der Waals surface area contributed by atoms with Crippen molar-refractivity contribution in [1.82, 2.24) is 4.98 Å². The Morgan fingerprint density at radius 3 is 2.62 bits per heavy atom. The van der Waals surface area contributed by atoms with E-state index in [4.69, 9.17) is 16.0 Å². The Hall–Kier alpha value is -2.91. The Bertz CT molecular complexity index is 1020. The average molecular weight is 394 g/mol. The summed E-state index contributed by atoms with van der Waals surface area (Å²) in [6, 6.07) is 11.3. The maximum absolute atomic E-state index is 13.2. The summed E-state index contributed by atoms with van der Waals surface area (Å²) in [6.07, 6.45) is 2.83. The number of benzene rings is 1. The Balaban J connectivity index is 2.17. The van der Waals surface area contributed by atoms with Gasteiger partial charge in [-0.1, -0.05) is 17.7 Å². The average Bonchev–Trinajstić information content (AvgIpc) is 3.13. The minimum atomic E-state index is -4.34. The number of anilines is 1. The number of halogens is 1. The molecule has 0 fully saturated rings. The van der Waals surface area contributed by atoms with E-state index in [0.717, 1.165) is 16.4 Å². The second-order valence-corrected chi connectivity index (χ2v) is 7.42. The fourth-order valence-electron chi connectivity index (χ4n) is 2.30. The number of nitrogens with zero attached hydrogens (tertiary/aromatic N) is 3. The standard InChI is InChI=1S/C16H12ClN3O5S/c17-12-6-7-14(20(21)22)15(10-12)26(23,24)19(11-13-4-3-9-25-13)16-5-1-2-8-18-16/h1-10H,11H2. The van der Waals surface area contributed by atoms with Gasteiger partial charge in [0.05, 0.1) is 17.7 Å². The second-order valence-electron chi connectivity index (χ2n) is 5.15. The zero-order chi connectivity index (χ0) is 18.7. The van der Waals surface area contributed by atoms with Crippen molar-refractivity contribution in [2.24, 2.45) is 0 Å². The molecule has 0 atom stereocenters. The van der Waals surface area contributed by atoms with Crippen LogP contribution in [0.25, 0.3) is 0 Å². The van der Waals surface area contributed by atoms with Crippen molar-refractivity contribution in [3.63, 3.8) is 0 Å². The van der Waals surface area contributed by atoms with Crippen LogP contribution in [0.1, 0.15) is 5.76 Å². The summed E-state index contributed by atoms with van der Waals surface area (Å²) in [5, 5.41) is 11.4. The van der Waals surface area contributed by atoms with Crippen LogP contribution < -0.4 is 4.31 Å². The molecule has 0 unspecified atom stereocenters. The first-order chi connectivity index (χ1) is 12.4. The number of hydrogen-bond donors (Lipinski definition) is 0. The molecule has 0 spiro atoms. The predicted octanol–water partition coefficient (Wildman–Crippen LogP) is 3.63. The largest absolute Gasteiger partial charge is 0.467 e. The van der Waals surface area contributed by atoms with Crippen molar-refractivity contribution in [2.45, 2.75) is 11.4 Å². The van der Waals surface area contributed by atoms with Crippen LogP contribution in [0.2, 0.25) is 5.02 Å². The van der Waals surface area contributed by atoms with E-state index >= 15 is 0 Å². The van der Waals surface area contributed by atoms with Crippen LogP contribution in [0, 0.1) is 10.1 Å². The highest BCUT2D eigenvalue weighted by Crippen LogP contribution is 2.32. The molecule has 0 bridgehead atoms. The van der Waals surface area contributed by atoms with E-state index in [-0.39, 0.29) is 17.4 Å². The number of nitro groups is 1. The lowest BCUT2D eigenvalue weighted by Crippen LogP contribution is -2.31. The van der Waals surface area contributed by atoms with Gasteiger partial charge in [-0.05, 0) is 36.4 Å². The molecule has 0 radical (unpaired) electrons. The molecule has 26 heavy (non-hydrogen) atoms. The van der Waals surface area contributed by atoms with Crippen molar-refractivity contribution in [1.29, 1.82) is 0 Å². The summed E-state index contributed by atoms with van der Waals surface area (Å²) in [6.45, 7) is -0.185. The number of nitro benzene ring substituents is 1. The summed E-state index contributed by atoms with van der Waals surface area (Å²) in [5.41, 5.74) is -0.574. The summed E-state index contributed by atoms with van der Waals surface area (Å²) >= 11 is 5.88. The lowest BCUT2D eigenvalue weighted by molar-refractivity contribution is -0.387. The molecule has 8 nitrogen and oxygen atoms in total. The highest BCUT2D eigenvalue weighted by molar-refractivity contribution is 7.93. The maximum atomic E-state index is 13.2. The number of hydrogen-bond acceptors (Lipinski definition) is 6. The van der Waals surface area contributed by atoms with Gasteiger partial charge in [0.1, 0.15) is 11.6 Å². The third-order valence-corrected chi connectivity index (χ3v) is 5.49. The zero-order valence-electron chi connectivity index (χ0n) is 13.1. The molecular weight excluding hydrogens is 382 g/mol. The zero-order valence-corrected chi connectivity index (χ0v) is 14.7. The molecule has 0 aliphatic rings. The maximum Gasteiger partial charge on any atom is 0.289 e. The van der Waals surface area contributed by atoms with Crippen molar-refractivity contribution < 1.29 is 17.8 Å². The van der Waals surface area contributed by atoms with E-state index in [1.165, 1.54) is 24.6 Å². The molecule has 3 rings (SSSR count). The Morgan fingerprint density at radius 1 is 1.19 bits per heavy atom. The van der Waals surface area contributed by atoms with E-state index in [0.29, 0.717) is 5.76 Å². The van der Waals surface area contributed by atoms with E-state index in [1.54, 1.807) is 24.3 Å². The first kappa shape index (κ1) is 17.9. The van der Waals surface area contributed by atoms with Crippen LogP contribution in [0.3, 0.4) is 0 Å². The Morgan fingerprint density at radius 2 is 2.00 bits per heavy atom. The van der Waals surface area contributed by atoms with Crippen molar-refractivity contribution in [2.75, 3.05) is 4.31 Å². The second kappa shape index (κ2) is 7.14. The first-order valence-electron chi connectivity index (χ1n) is 7.29. The molecule has 3 aromatic rings. The minimum Gasteiger partial charge on any atom is -0.467 e. The van der Waals surface area contributed by atoms with Crippen molar-refractivity contribution in [3.8, 4) is 0 Å².